The first-order chi connectivity index (χ1) is 10.3. The molecule has 3 heterocycles. The first-order valence-corrected chi connectivity index (χ1v) is 7.99. The van der Waals surface area contributed by atoms with Crippen molar-refractivity contribution in [1.82, 2.24) is 24.8 Å². The summed E-state index contributed by atoms with van der Waals surface area (Å²) in [6.45, 7) is 0. The number of benzene rings is 1. The Morgan fingerprint density at radius 2 is 2.19 bits per heavy atom. The smallest absolute Gasteiger partial charge is 0.235 e. The molecule has 104 valence electrons. The van der Waals surface area contributed by atoms with E-state index in [1.807, 2.05) is 28.8 Å². The highest BCUT2D eigenvalue weighted by molar-refractivity contribution is 7.19. The van der Waals surface area contributed by atoms with Crippen LogP contribution in [-0.2, 0) is 0 Å². The second-order valence-corrected chi connectivity index (χ2v) is 6.68. The van der Waals surface area contributed by atoms with Gasteiger partial charge in [0.15, 0.2) is 10.8 Å². The molecule has 5 nitrogen and oxygen atoms in total. The molecule has 0 bridgehead atoms. The molecule has 1 aromatic carbocycles. The Balaban J connectivity index is 1.69. The van der Waals surface area contributed by atoms with Crippen molar-refractivity contribution in [1.29, 1.82) is 0 Å². The van der Waals surface area contributed by atoms with Gasteiger partial charge in [-0.25, -0.2) is 0 Å². The standard InChI is InChI=1S/C14H10ClN5S/c15-9-2-1-3-10-8(9)6-11(16-10)13-19-20-12(7-4-5-7)17-18-14(20)21-13/h1-3,6-7,16H,4-5H2. The first kappa shape index (κ1) is 11.7. The number of nitrogens with one attached hydrogen (secondary N) is 1. The van der Waals surface area contributed by atoms with Gasteiger partial charge < -0.3 is 4.98 Å². The molecule has 0 unspecified atom stereocenters. The van der Waals surface area contributed by atoms with E-state index in [-0.39, 0.29) is 0 Å². The second kappa shape index (κ2) is 4.05. The predicted octanol–water partition coefficient (Wildman–Crippen LogP) is 3.86. The Morgan fingerprint density at radius 3 is 3.00 bits per heavy atom. The lowest BCUT2D eigenvalue weighted by Crippen LogP contribution is -1.93. The summed E-state index contributed by atoms with van der Waals surface area (Å²) in [4.78, 5) is 4.21. The van der Waals surface area contributed by atoms with Gasteiger partial charge in [-0.3, -0.25) is 0 Å². The van der Waals surface area contributed by atoms with Gasteiger partial charge in [0.05, 0.1) is 5.69 Å². The van der Waals surface area contributed by atoms with Crippen molar-refractivity contribution in [3.63, 3.8) is 0 Å². The van der Waals surface area contributed by atoms with Gasteiger partial charge >= 0.3 is 0 Å². The number of hydrogen-bond acceptors (Lipinski definition) is 4. The number of rotatable bonds is 2. The molecule has 1 N–H and O–H groups in total. The number of halogens is 1. The van der Waals surface area contributed by atoms with E-state index in [9.17, 15) is 0 Å². The minimum Gasteiger partial charge on any atom is -0.352 e. The molecule has 0 saturated heterocycles. The Bertz CT molecular complexity index is 978. The van der Waals surface area contributed by atoms with Crippen molar-refractivity contribution < 1.29 is 0 Å². The van der Waals surface area contributed by atoms with E-state index in [1.165, 1.54) is 12.8 Å². The Hall–Kier alpha value is -1.92. The second-order valence-electron chi connectivity index (χ2n) is 5.32. The van der Waals surface area contributed by atoms with E-state index >= 15 is 0 Å². The lowest BCUT2D eigenvalue weighted by Gasteiger charge is -1.90. The third kappa shape index (κ3) is 1.72. The van der Waals surface area contributed by atoms with Gasteiger partial charge in [0.2, 0.25) is 4.96 Å². The summed E-state index contributed by atoms with van der Waals surface area (Å²) in [6, 6.07) is 7.89. The minimum atomic E-state index is 0.534. The van der Waals surface area contributed by atoms with E-state index in [4.69, 9.17) is 11.6 Å². The number of H-pyrrole nitrogens is 1. The average Bonchev–Trinajstić information content (AvgIpc) is 2.93. The maximum atomic E-state index is 6.23. The van der Waals surface area contributed by atoms with E-state index < -0.39 is 0 Å². The lowest BCUT2D eigenvalue weighted by molar-refractivity contribution is 0.828. The molecule has 1 saturated carbocycles. The van der Waals surface area contributed by atoms with Crippen LogP contribution in [0.4, 0.5) is 0 Å². The molecule has 1 aliphatic carbocycles. The molecule has 1 aliphatic rings. The number of aromatic nitrogens is 5. The van der Waals surface area contributed by atoms with Crippen LogP contribution in [-0.4, -0.2) is 24.8 Å². The number of hydrogen-bond donors (Lipinski definition) is 1. The molecular formula is C14H10ClN5S. The van der Waals surface area contributed by atoms with Crippen LogP contribution >= 0.6 is 22.9 Å². The minimum absolute atomic E-state index is 0.534. The van der Waals surface area contributed by atoms with Gasteiger partial charge in [0, 0.05) is 21.8 Å². The van der Waals surface area contributed by atoms with Gasteiger partial charge in [-0.2, -0.15) is 9.61 Å². The van der Waals surface area contributed by atoms with Gasteiger partial charge in [0.1, 0.15) is 0 Å². The highest BCUT2D eigenvalue weighted by Gasteiger charge is 2.30. The normalized spacial score (nSPS) is 15.3. The highest BCUT2D eigenvalue weighted by atomic mass is 35.5. The van der Waals surface area contributed by atoms with Crippen LogP contribution in [0.1, 0.15) is 24.6 Å². The third-order valence-corrected chi connectivity index (χ3v) is 5.06. The quantitative estimate of drug-likeness (QED) is 0.611. The molecule has 3 aromatic heterocycles. The van der Waals surface area contributed by atoms with Crippen molar-refractivity contribution >= 4 is 38.8 Å². The molecule has 21 heavy (non-hydrogen) atoms. The van der Waals surface area contributed by atoms with Gasteiger partial charge in [-0.05, 0) is 31.0 Å². The topological polar surface area (TPSA) is 58.9 Å². The summed E-state index contributed by atoms with van der Waals surface area (Å²) >= 11 is 7.77. The van der Waals surface area contributed by atoms with Crippen molar-refractivity contribution in [2.45, 2.75) is 18.8 Å². The molecule has 0 radical (unpaired) electrons. The Labute approximate surface area is 128 Å². The largest absolute Gasteiger partial charge is 0.352 e. The fourth-order valence-corrected chi connectivity index (χ4v) is 3.62. The molecule has 0 atom stereocenters. The fourth-order valence-electron chi connectivity index (χ4n) is 2.57. The van der Waals surface area contributed by atoms with Crippen molar-refractivity contribution in [2.24, 2.45) is 0 Å². The van der Waals surface area contributed by atoms with Crippen LogP contribution in [0.25, 0.3) is 26.6 Å². The predicted molar refractivity (Wildman–Crippen MR) is 82.9 cm³/mol. The van der Waals surface area contributed by atoms with Crippen molar-refractivity contribution in [2.75, 3.05) is 0 Å². The van der Waals surface area contributed by atoms with Gasteiger partial charge in [-0.1, -0.05) is 29.0 Å². The van der Waals surface area contributed by atoms with Gasteiger partial charge in [0.25, 0.3) is 0 Å². The molecule has 0 aliphatic heterocycles. The van der Waals surface area contributed by atoms with Crippen LogP contribution in [0.2, 0.25) is 5.02 Å². The zero-order chi connectivity index (χ0) is 14.0. The van der Waals surface area contributed by atoms with Crippen LogP contribution in [0.5, 0.6) is 0 Å². The highest BCUT2D eigenvalue weighted by Crippen LogP contribution is 2.40. The molecule has 5 rings (SSSR count). The van der Waals surface area contributed by atoms with E-state index in [0.29, 0.717) is 5.92 Å². The summed E-state index contributed by atoms with van der Waals surface area (Å²) in [5.74, 6) is 1.52. The number of aromatic amines is 1. The van der Waals surface area contributed by atoms with E-state index in [2.05, 4.69) is 20.3 Å². The lowest BCUT2D eigenvalue weighted by atomic mass is 10.2. The summed E-state index contributed by atoms with van der Waals surface area (Å²) < 4.78 is 1.88. The molecule has 0 amide bonds. The van der Waals surface area contributed by atoms with Crippen LogP contribution < -0.4 is 0 Å². The van der Waals surface area contributed by atoms with Crippen LogP contribution in [0.3, 0.4) is 0 Å². The monoisotopic (exact) mass is 315 g/mol. The Kier molecular flexibility index (Phi) is 2.26. The molecule has 7 heteroatoms. The summed E-state index contributed by atoms with van der Waals surface area (Å²) in [5.41, 5.74) is 1.99. The SMILES string of the molecule is Clc1cccc2[nH]c(-c3nn4c(C5CC5)nnc4s3)cc12. The van der Waals surface area contributed by atoms with Crippen LogP contribution in [0.15, 0.2) is 24.3 Å². The maximum absolute atomic E-state index is 6.23. The molecule has 4 aromatic rings. The van der Waals surface area contributed by atoms with E-state index in [1.54, 1.807) is 11.3 Å². The summed E-state index contributed by atoms with van der Waals surface area (Å²) in [5, 5.41) is 15.8. The van der Waals surface area contributed by atoms with Crippen molar-refractivity contribution in [3.8, 4) is 10.7 Å². The van der Waals surface area contributed by atoms with Crippen LogP contribution in [0, 0.1) is 0 Å². The van der Waals surface area contributed by atoms with Crippen molar-refractivity contribution in [3.05, 3.63) is 35.1 Å². The molecule has 0 spiro atoms. The Morgan fingerprint density at radius 1 is 1.29 bits per heavy atom. The maximum Gasteiger partial charge on any atom is 0.235 e. The fraction of sp³-hybridized carbons (Fsp3) is 0.214. The summed E-state index contributed by atoms with van der Waals surface area (Å²) in [7, 11) is 0. The summed E-state index contributed by atoms with van der Waals surface area (Å²) in [6.07, 6.45) is 2.38. The zero-order valence-electron chi connectivity index (χ0n) is 10.9. The zero-order valence-corrected chi connectivity index (χ0v) is 12.4. The number of nitrogens with zero attached hydrogens (tertiary/aromatic N) is 4. The van der Waals surface area contributed by atoms with E-state index in [0.717, 1.165) is 37.4 Å². The number of fused-ring (bicyclic) bond motifs is 2. The molecule has 1 fully saturated rings. The average molecular weight is 316 g/mol. The van der Waals surface area contributed by atoms with Gasteiger partial charge in [-0.15, -0.1) is 10.2 Å². The molecular weight excluding hydrogens is 306 g/mol. The first-order valence-electron chi connectivity index (χ1n) is 6.79. The third-order valence-electron chi connectivity index (χ3n) is 3.80.